The van der Waals surface area contributed by atoms with Crippen molar-refractivity contribution in [1.82, 2.24) is 9.97 Å². The predicted molar refractivity (Wildman–Crippen MR) is 99.8 cm³/mol. The number of aryl methyl sites for hydroxylation is 1. The van der Waals surface area contributed by atoms with E-state index < -0.39 is 9.84 Å². The molecule has 0 radical (unpaired) electrons. The first kappa shape index (κ1) is 16.1. The van der Waals surface area contributed by atoms with Gasteiger partial charge in [0.2, 0.25) is 0 Å². The summed E-state index contributed by atoms with van der Waals surface area (Å²) in [6, 6.07) is 10.6. The summed E-state index contributed by atoms with van der Waals surface area (Å²) >= 11 is 2.28. The Morgan fingerprint density at radius 2 is 1.74 bits per heavy atom. The van der Waals surface area contributed by atoms with Crippen molar-refractivity contribution in [1.29, 1.82) is 0 Å². The third-order valence-corrected chi connectivity index (χ3v) is 5.97. The second-order valence-corrected chi connectivity index (χ2v) is 8.33. The highest BCUT2D eigenvalue weighted by Gasteiger charge is 2.10. The number of sulfone groups is 1. The van der Waals surface area contributed by atoms with Gasteiger partial charge in [-0.15, -0.1) is 0 Å². The summed E-state index contributed by atoms with van der Waals surface area (Å²) in [6.07, 6.45) is 2.72. The van der Waals surface area contributed by atoms with E-state index in [1.165, 1.54) is 18.1 Å². The third kappa shape index (κ3) is 3.30. The zero-order valence-corrected chi connectivity index (χ0v) is 15.5. The lowest BCUT2D eigenvalue weighted by atomic mass is 10.1. The fourth-order valence-electron chi connectivity index (χ4n) is 2.22. The molecule has 1 N–H and O–H groups in total. The number of benzene rings is 2. The lowest BCUT2D eigenvalue weighted by molar-refractivity contribution is 0.602. The van der Waals surface area contributed by atoms with Crippen molar-refractivity contribution in [3.63, 3.8) is 0 Å². The molecule has 0 atom stereocenters. The van der Waals surface area contributed by atoms with Crippen LogP contribution < -0.4 is 5.32 Å². The van der Waals surface area contributed by atoms with Crippen LogP contribution in [0.1, 0.15) is 5.56 Å². The van der Waals surface area contributed by atoms with Crippen LogP contribution in [0.25, 0.3) is 10.9 Å². The summed E-state index contributed by atoms with van der Waals surface area (Å²) in [5.74, 6) is 0.694. The summed E-state index contributed by atoms with van der Waals surface area (Å²) in [7, 11) is -3.19. The Morgan fingerprint density at radius 3 is 2.39 bits per heavy atom. The van der Waals surface area contributed by atoms with Gasteiger partial charge in [-0.05, 0) is 65.4 Å². The van der Waals surface area contributed by atoms with E-state index in [1.54, 1.807) is 24.3 Å². The van der Waals surface area contributed by atoms with E-state index in [0.717, 1.165) is 20.2 Å². The van der Waals surface area contributed by atoms with E-state index in [4.69, 9.17) is 0 Å². The molecule has 3 rings (SSSR count). The first-order chi connectivity index (χ1) is 10.9. The molecule has 0 saturated heterocycles. The van der Waals surface area contributed by atoms with Crippen LogP contribution in [0.3, 0.4) is 0 Å². The van der Waals surface area contributed by atoms with E-state index in [-0.39, 0.29) is 0 Å². The molecule has 23 heavy (non-hydrogen) atoms. The molecule has 7 heteroatoms. The molecular formula is C16H14IN3O2S. The molecule has 2 aromatic carbocycles. The van der Waals surface area contributed by atoms with Gasteiger partial charge >= 0.3 is 0 Å². The maximum Gasteiger partial charge on any atom is 0.175 e. The van der Waals surface area contributed by atoms with E-state index in [0.29, 0.717) is 10.7 Å². The Bertz CT molecular complexity index is 986. The quantitative estimate of drug-likeness (QED) is 0.631. The zero-order valence-electron chi connectivity index (χ0n) is 12.5. The Balaban J connectivity index is 2.01. The van der Waals surface area contributed by atoms with Crippen molar-refractivity contribution < 1.29 is 8.42 Å². The Hall–Kier alpha value is -1.74. The molecule has 0 saturated carbocycles. The topological polar surface area (TPSA) is 72.0 Å². The van der Waals surface area contributed by atoms with Crippen LogP contribution in [-0.4, -0.2) is 24.6 Å². The summed E-state index contributed by atoms with van der Waals surface area (Å²) in [6.45, 7) is 2.04. The molecule has 118 valence electrons. The second-order valence-electron chi connectivity index (χ2n) is 5.24. The van der Waals surface area contributed by atoms with Crippen LogP contribution in [0, 0.1) is 10.5 Å². The summed E-state index contributed by atoms with van der Waals surface area (Å²) in [5, 5.41) is 4.15. The van der Waals surface area contributed by atoms with Crippen LogP contribution in [0.4, 0.5) is 11.5 Å². The van der Waals surface area contributed by atoms with E-state index in [2.05, 4.69) is 37.9 Å². The maximum atomic E-state index is 11.5. The number of anilines is 2. The molecule has 1 heterocycles. The minimum absolute atomic E-state index is 0.292. The lowest BCUT2D eigenvalue weighted by Crippen LogP contribution is -1.99. The standard InChI is InChI=1S/C16H14IN3O2S/c1-10-3-8-13-15(14(10)17)18-9-19-16(13)20-11-4-6-12(7-5-11)23(2,21)22/h3-9H,1-2H3,(H,18,19,20). The first-order valence-electron chi connectivity index (χ1n) is 6.83. The van der Waals surface area contributed by atoms with Crippen LogP contribution in [-0.2, 0) is 9.84 Å². The monoisotopic (exact) mass is 439 g/mol. The number of nitrogens with one attached hydrogen (secondary N) is 1. The molecule has 0 unspecified atom stereocenters. The molecule has 1 aromatic heterocycles. The summed E-state index contributed by atoms with van der Waals surface area (Å²) < 4.78 is 24.1. The summed E-state index contributed by atoms with van der Waals surface area (Å²) in [5.41, 5.74) is 2.84. The van der Waals surface area contributed by atoms with Crippen LogP contribution in [0.2, 0.25) is 0 Å². The number of rotatable bonds is 3. The van der Waals surface area contributed by atoms with Gasteiger partial charge in [0.25, 0.3) is 0 Å². The molecule has 0 aliphatic heterocycles. The predicted octanol–water partition coefficient (Wildman–Crippen LogP) is 3.69. The normalized spacial score (nSPS) is 11.6. The molecule has 0 aliphatic rings. The molecule has 0 fully saturated rings. The van der Waals surface area contributed by atoms with Crippen molar-refractivity contribution >= 4 is 54.8 Å². The number of hydrogen-bond donors (Lipinski definition) is 1. The number of hydrogen-bond acceptors (Lipinski definition) is 5. The number of halogens is 1. The molecular weight excluding hydrogens is 425 g/mol. The average Bonchev–Trinajstić information content (AvgIpc) is 2.51. The van der Waals surface area contributed by atoms with Gasteiger partial charge in [-0.1, -0.05) is 6.07 Å². The van der Waals surface area contributed by atoms with Crippen molar-refractivity contribution in [2.75, 3.05) is 11.6 Å². The maximum absolute atomic E-state index is 11.5. The number of aromatic nitrogens is 2. The van der Waals surface area contributed by atoms with E-state index >= 15 is 0 Å². The van der Waals surface area contributed by atoms with Gasteiger partial charge in [0.1, 0.15) is 12.1 Å². The lowest BCUT2D eigenvalue weighted by Gasteiger charge is -2.10. The average molecular weight is 439 g/mol. The fourth-order valence-corrected chi connectivity index (χ4v) is 3.46. The second kappa shape index (κ2) is 6.04. The zero-order chi connectivity index (χ0) is 16.6. The van der Waals surface area contributed by atoms with Crippen LogP contribution in [0.5, 0.6) is 0 Å². The Morgan fingerprint density at radius 1 is 1.04 bits per heavy atom. The van der Waals surface area contributed by atoms with Gasteiger partial charge < -0.3 is 5.32 Å². The van der Waals surface area contributed by atoms with Gasteiger partial charge in [-0.2, -0.15) is 0 Å². The van der Waals surface area contributed by atoms with Gasteiger partial charge in [0.15, 0.2) is 9.84 Å². The van der Waals surface area contributed by atoms with Crippen LogP contribution in [0.15, 0.2) is 47.6 Å². The van der Waals surface area contributed by atoms with Gasteiger partial charge in [-0.3, -0.25) is 0 Å². The molecule has 0 amide bonds. The molecule has 0 spiro atoms. The van der Waals surface area contributed by atoms with Crippen molar-refractivity contribution in [2.45, 2.75) is 11.8 Å². The Kier molecular flexibility index (Phi) is 4.24. The summed E-state index contributed by atoms with van der Waals surface area (Å²) in [4.78, 5) is 8.95. The molecule has 3 aromatic rings. The van der Waals surface area contributed by atoms with Crippen LogP contribution >= 0.6 is 22.6 Å². The van der Waals surface area contributed by atoms with Crippen molar-refractivity contribution in [2.24, 2.45) is 0 Å². The van der Waals surface area contributed by atoms with Crippen molar-refractivity contribution in [3.05, 3.63) is 51.9 Å². The molecule has 0 bridgehead atoms. The molecule has 5 nitrogen and oxygen atoms in total. The highest BCUT2D eigenvalue weighted by Crippen LogP contribution is 2.28. The third-order valence-electron chi connectivity index (χ3n) is 3.48. The minimum atomic E-state index is -3.19. The van der Waals surface area contributed by atoms with E-state index in [1.807, 2.05) is 19.1 Å². The largest absolute Gasteiger partial charge is 0.340 e. The number of nitrogens with zero attached hydrogens (tertiary/aromatic N) is 2. The first-order valence-corrected chi connectivity index (χ1v) is 9.80. The van der Waals surface area contributed by atoms with Gasteiger partial charge in [0, 0.05) is 20.9 Å². The minimum Gasteiger partial charge on any atom is -0.340 e. The fraction of sp³-hybridized carbons (Fsp3) is 0.125. The SMILES string of the molecule is Cc1ccc2c(Nc3ccc(S(C)(=O)=O)cc3)ncnc2c1I. The number of fused-ring (bicyclic) bond motifs is 1. The van der Waals surface area contributed by atoms with Gasteiger partial charge in [-0.25, -0.2) is 18.4 Å². The Labute approximate surface area is 148 Å². The highest BCUT2D eigenvalue weighted by molar-refractivity contribution is 14.1. The molecule has 0 aliphatic carbocycles. The highest BCUT2D eigenvalue weighted by atomic mass is 127. The van der Waals surface area contributed by atoms with Crippen molar-refractivity contribution in [3.8, 4) is 0 Å². The van der Waals surface area contributed by atoms with E-state index in [9.17, 15) is 8.42 Å². The smallest absolute Gasteiger partial charge is 0.175 e. The van der Waals surface area contributed by atoms with Gasteiger partial charge in [0.05, 0.1) is 10.4 Å².